The van der Waals surface area contributed by atoms with E-state index in [4.69, 9.17) is 73.5 Å². The number of halogens is 2. The molecule has 15 aromatic rings. The van der Waals surface area contributed by atoms with Gasteiger partial charge in [-0.3, -0.25) is 0 Å². The van der Waals surface area contributed by atoms with Crippen LogP contribution in [0.15, 0.2) is 195 Å². The average Bonchev–Trinajstić information content (AvgIpc) is 1.59. The van der Waals surface area contributed by atoms with Gasteiger partial charge >= 0.3 is 0 Å². The summed E-state index contributed by atoms with van der Waals surface area (Å²) in [5.41, 5.74) is 19.9. The van der Waals surface area contributed by atoms with Gasteiger partial charge in [0.15, 0.2) is 62.4 Å². The fourth-order valence-electron chi connectivity index (χ4n) is 19.0. The van der Waals surface area contributed by atoms with Crippen LogP contribution in [0.1, 0.15) is 147 Å². The number of aromatic amines is 1. The van der Waals surface area contributed by atoms with Crippen molar-refractivity contribution in [3.05, 3.63) is 228 Å². The molecule has 2 unspecified atom stereocenters. The van der Waals surface area contributed by atoms with Crippen LogP contribution in [0.5, 0.6) is 17.2 Å². The van der Waals surface area contributed by atoms with Crippen molar-refractivity contribution in [2.75, 3.05) is 162 Å². The molecule has 7 aliphatic rings. The number of nitrogens with zero attached hydrogens (tertiary/aromatic N) is 24. The van der Waals surface area contributed by atoms with E-state index in [1.165, 1.54) is 50.7 Å². The molecule has 3 fully saturated rings. The Kier molecular flexibility index (Phi) is 33.6. The Hall–Kier alpha value is -13.3. The number of imidazole rings is 4. The summed E-state index contributed by atoms with van der Waals surface area (Å²) in [6, 6.07) is 56.7. The maximum Gasteiger partial charge on any atom is 0.229 e. The molecule has 0 radical (unpaired) electrons. The third-order valence-corrected chi connectivity index (χ3v) is 27.6. The summed E-state index contributed by atoms with van der Waals surface area (Å²) >= 11 is 12.2. The number of para-hydroxylation sites is 4. The summed E-state index contributed by atoms with van der Waals surface area (Å²) in [6.07, 6.45) is 18.0. The summed E-state index contributed by atoms with van der Waals surface area (Å²) in [7, 11) is 0. The van der Waals surface area contributed by atoms with E-state index in [-0.39, 0.29) is 41.7 Å². The zero-order chi connectivity index (χ0) is 97.9. The van der Waals surface area contributed by atoms with Crippen LogP contribution < -0.4 is 49.4 Å². The molecule has 8 aromatic heterocycles. The van der Waals surface area contributed by atoms with Gasteiger partial charge in [-0.2, -0.15) is 39.9 Å². The SMILES string of the molecule is CCC(CC)n1cnc2c(N3CCc4ccccc43)nc(Cl)nc21.CCC(CC)n1cnc2c(N3CCc4ccccc43)nc(N3CCN(c4ccc(O)cc4)CC3)nc21.CCC(CO)n1cnc2c(N3CCc4ccccc43)nc(N3CCN(c4ccc(O)cc4)CC3)nc21.CCC(O)CC.CCC(O)CO.Clc1nc(N2CCc3ccccc32)c2[nH]cnc2n1.Oc1ccc(N2CCNCC2)cc1. The molecule has 15 heterocycles. The predicted octanol–water partition coefficient (Wildman–Crippen LogP) is 17.4. The first-order valence-corrected chi connectivity index (χ1v) is 50.2. The third kappa shape index (κ3) is 22.7. The molecule has 3 saturated heterocycles. The predicted molar refractivity (Wildman–Crippen MR) is 560 cm³/mol. The van der Waals surface area contributed by atoms with Gasteiger partial charge in [-0.1, -0.05) is 128 Å². The monoisotopic (exact) mass is 1940 g/mol. The highest BCUT2D eigenvalue weighted by atomic mass is 35.5. The molecule has 0 amide bonds. The number of aliphatic hydroxyl groups excluding tert-OH is 4. The lowest BCUT2D eigenvalue weighted by Gasteiger charge is -2.36. The molecule has 7 aliphatic heterocycles. The smallest absolute Gasteiger partial charge is 0.229 e. The Morgan fingerprint density at radius 1 is 0.321 bits per heavy atom. The molecular formula is C105H130Cl2N26O7. The molecular weight excluding hydrogens is 1810 g/mol. The number of anilines is 13. The van der Waals surface area contributed by atoms with Crippen LogP contribution in [-0.2, 0) is 25.7 Å². The van der Waals surface area contributed by atoms with Gasteiger partial charge in [-0.25, -0.2) is 19.9 Å². The quantitative estimate of drug-likeness (QED) is 0.0285. The van der Waals surface area contributed by atoms with E-state index in [0.717, 1.165) is 255 Å². The van der Waals surface area contributed by atoms with Crippen LogP contribution in [0.4, 0.5) is 75.0 Å². The van der Waals surface area contributed by atoms with Crippen LogP contribution in [-0.4, -0.2) is 244 Å². The van der Waals surface area contributed by atoms with Crippen molar-refractivity contribution >= 4 is 143 Å². The number of nitrogens with one attached hydrogen (secondary N) is 2. The van der Waals surface area contributed by atoms with Crippen molar-refractivity contribution in [3.8, 4) is 17.2 Å². The fraction of sp³-hybridized carbons (Fsp3) is 0.410. The number of phenolic OH excluding ortho intramolecular Hbond substituents is 3. The normalized spacial score (nSPS) is 15.3. The number of aromatic hydroxyl groups is 3. The molecule has 9 N–H and O–H groups in total. The van der Waals surface area contributed by atoms with Crippen LogP contribution in [0.2, 0.25) is 10.6 Å². The summed E-state index contributed by atoms with van der Waals surface area (Å²) in [4.78, 5) is 79.7. The largest absolute Gasteiger partial charge is 0.508 e. The van der Waals surface area contributed by atoms with E-state index in [9.17, 15) is 15.3 Å². The van der Waals surface area contributed by atoms with E-state index in [1.807, 2.05) is 80.5 Å². The fourth-order valence-corrected chi connectivity index (χ4v) is 19.3. The van der Waals surface area contributed by atoms with E-state index >= 15 is 0 Å². The topological polar surface area (TPSA) is 368 Å². The van der Waals surface area contributed by atoms with Gasteiger partial charge in [0.2, 0.25) is 22.5 Å². The minimum absolute atomic E-state index is 0.0362. The first-order chi connectivity index (χ1) is 68.3. The highest BCUT2D eigenvalue weighted by Gasteiger charge is 2.34. The van der Waals surface area contributed by atoms with Crippen LogP contribution >= 0.6 is 23.2 Å². The Bertz CT molecular complexity index is 6310. The number of fused-ring (bicyclic) bond motifs is 8. The highest BCUT2D eigenvalue weighted by Crippen LogP contribution is 2.44. The molecule has 33 nitrogen and oxygen atoms in total. The lowest BCUT2D eigenvalue weighted by atomic mass is 10.2. The number of H-pyrrole nitrogens is 1. The molecule has 7 aromatic carbocycles. The second kappa shape index (κ2) is 47.1. The Labute approximate surface area is 827 Å². The number of hydrogen-bond donors (Lipinski definition) is 9. The molecule has 140 heavy (non-hydrogen) atoms. The standard InChI is InChI=1S/C28H33N7O.C27H31N7O2.C18H20ClN5.C13H10ClN5.C10H14N2O.C5H12O.C4H10O2/c1-3-21(4-2)35-19-29-25-26(34-14-13-20-7-5-6-8-24(20)34)30-28(31-27(25)35)33-17-15-32(16-18-33)22-9-11-23(36)12-10-22;1-2-20(17-35)34-18-28-24-25(33-12-11-19-5-3-4-6-23(19)33)29-27(30-26(24)34)32-15-13-31(14-16-32)21-7-9-22(36)10-8-21;1-3-13(4-2)24-11-20-15-16(21-18(19)22-17(15)24)23-10-9-12-7-5-6-8-14(12)23;14-13-17-11-10(15-7-16-11)12(18-13)19-6-5-8-3-1-2-4-9(8)19;13-10-3-1-9(2-4-10)12-7-5-11-6-8-12;1-3-5(6)4-2;1-2-4(6)3-5/h5-12,19,21,36H,3-4,13-18H2,1-2H3;3-10,18,20,35-36H,2,11-17H2,1H3;5-8,11,13H,3-4,9-10H2,1-2H3;1-4,7H,5-6H2,(H,15,16,17,18);1-4,11,13H,5-8H2;5-6H,3-4H2,1-2H3;4-6H,2-3H2,1H3. The van der Waals surface area contributed by atoms with Gasteiger partial charge in [0.1, 0.15) is 22.8 Å². The number of aromatic nitrogens is 16. The Balaban J connectivity index is 0.000000127. The van der Waals surface area contributed by atoms with Gasteiger partial charge in [-0.15, -0.1) is 0 Å². The Morgan fingerprint density at radius 3 is 0.986 bits per heavy atom. The number of piperazine rings is 3. The van der Waals surface area contributed by atoms with E-state index < -0.39 is 6.10 Å². The van der Waals surface area contributed by atoms with Crippen molar-refractivity contribution in [1.82, 2.24) is 83.8 Å². The second-order valence-corrected chi connectivity index (χ2v) is 36.3. The summed E-state index contributed by atoms with van der Waals surface area (Å²) in [5.74, 6) is 5.71. The van der Waals surface area contributed by atoms with Crippen LogP contribution in [0.3, 0.4) is 0 Å². The van der Waals surface area contributed by atoms with Gasteiger partial charge < -0.3 is 104 Å². The van der Waals surface area contributed by atoms with Gasteiger partial charge in [0.05, 0.1) is 56.8 Å². The molecule has 0 bridgehead atoms. The maximum atomic E-state index is 10.0. The second-order valence-electron chi connectivity index (χ2n) is 35.7. The van der Waals surface area contributed by atoms with E-state index in [1.54, 1.807) is 49.1 Å². The number of phenols is 3. The first-order valence-electron chi connectivity index (χ1n) is 49.4. The van der Waals surface area contributed by atoms with E-state index in [0.29, 0.717) is 41.6 Å². The number of aliphatic hydroxyl groups is 4. The molecule has 2 atom stereocenters. The van der Waals surface area contributed by atoms with Crippen molar-refractivity contribution in [2.24, 2.45) is 0 Å². The number of rotatable bonds is 22. The van der Waals surface area contributed by atoms with Crippen molar-refractivity contribution in [2.45, 2.75) is 163 Å². The molecule has 0 saturated carbocycles. The van der Waals surface area contributed by atoms with Crippen molar-refractivity contribution in [1.29, 1.82) is 0 Å². The van der Waals surface area contributed by atoms with Crippen LogP contribution in [0, 0.1) is 0 Å². The zero-order valence-corrected chi connectivity index (χ0v) is 82.7. The van der Waals surface area contributed by atoms with Crippen molar-refractivity contribution in [3.63, 3.8) is 0 Å². The van der Waals surface area contributed by atoms with Gasteiger partial charge in [-0.05, 0) is 220 Å². The lowest BCUT2D eigenvalue weighted by Crippen LogP contribution is -2.47. The summed E-state index contributed by atoms with van der Waals surface area (Å²) in [6.45, 7) is 30.9. The molecule has 22 rings (SSSR count). The molecule has 35 heteroatoms. The third-order valence-electron chi connectivity index (χ3n) is 27.2. The zero-order valence-electron chi connectivity index (χ0n) is 81.2. The summed E-state index contributed by atoms with van der Waals surface area (Å²) in [5, 5.41) is 67.4. The highest BCUT2D eigenvalue weighted by molar-refractivity contribution is 6.29. The van der Waals surface area contributed by atoms with Crippen LogP contribution in [0.25, 0.3) is 44.7 Å². The minimum atomic E-state index is -0.509. The minimum Gasteiger partial charge on any atom is -0.508 e. The summed E-state index contributed by atoms with van der Waals surface area (Å²) < 4.78 is 6.38. The number of hydrogen-bond acceptors (Lipinski definition) is 29. The van der Waals surface area contributed by atoms with Gasteiger partial charge in [0, 0.05) is 157 Å². The van der Waals surface area contributed by atoms with Gasteiger partial charge in [0.25, 0.3) is 0 Å². The van der Waals surface area contributed by atoms with E-state index in [2.05, 4.69) is 219 Å². The lowest BCUT2D eigenvalue weighted by molar-refractivity contribution is 0.0923. The Morgan fingerprint density at radius 2 is 0.643 bits per heavy atom. The molecule has 736 valence electrons. The maximum absolute atomic E-state index is 10.0. The molecule has 0 aliphatic carbocycles. The molecule has 0 spiro atoms. The van der Waals surface area contributed by atoms with Crippen molar-refractivity contribution < 1.29 is 35.7 Å². The number of benzene rings is 7. The first kappa shape index (κ1) is 99.7. The average molecular weight is 1940 g/mol.